The van der Waals surface area contributed by atoms with E-state index in [0.29, 0.717) is 6.42 Å². The molecule has 0 radical (unpaired) electrons. The van der Waals surface area contributed by atoms with E-state index in [2.05, 4.69) is 4.98 Å². The summed E-state index contributed by atoms with van der Waals surface area (Å²) in [5, 5.41) is 1.06. The van der Waals surface area contributed by atoms with Crippen molar-refractivity contribution in [2.45, 2.75) is 20.3 Å². The van der Waals surface area contributed by atoms with Gasteiger partial charge in [-0.25, -0.2) is 0 Å². The van der Waals surface area contributed by atoms with Gasteiger partial charge in [-0.2, -0.15) is 0 Å². The highest BCUT2D eigenvalue weighted by Gasteiger charge is 2.33. The van der Waals surface area contributed by atoms with Crippen molar-refractivity contribution in [1.82, 2.24) is 4.98 Å². The standard InChI is InChI=1S/C16H20N2O2/c1-11-8-12(9-16(2,10-17)15(19)20-3)13-6-4-5-7-14(13)18-11/h4-8H,9-10,17H2,1-3H3. The number of benzene rings is 1. The molecule has 2 aromatic rings. The number of para-hydroxylation sites is 1. The normalized spacial score (nSPS) is 14.0. The summed E-state index contributed by atoms with van der Waals surface area (Å²) >= 11 is 0. The molecule has 2 N–H and O–H groups in total. The van der Waals surface area contributed by atoms with Crippen molar-refractivity contribution in [3.63, 3.8) is 0 Å². The number of hydrogen-bond donors (Lipinski definition) is 1. The third kappa shape index (κ3) is 2.65. The summed E-state index contributed by atoms with van der Waals surface area (Å²) in [6.45, 7) is 4.03. The Bertz CT molecular complexity index is 639. The van der Waals surface area contributed by atoms with Gasteiger partial charge < -0.3 is 10.5 Å². The molecular weight excluding hydrogens is 252 g/mol. The molecule has 0 bridgehead atoms. The van der Waals surface area contributed by atoms with Gasteiger partial charge in [0.2, 0.25) is 0 Å². The molecule has 1 atom stereocenters. The number of methoxy groups -OCH3 is 1. The van der Waals surface area contributed by atoms with E-state index in [9.17, 15) is 4.79 Å². The highest BCUT2D eigenvalue weighted by Crippen LogP contribution is 2.27. The second-order valence-electron chi connectivity index (χ2n) is 5.37. The first-order valence-corrected chi connectivity index (χ1v) is 6.64. The van der Waals surface area contributed by atoms with Crippen LogP contribution in [-0.2, 0) is 16.0 Å². The van der Waals surface area contributed by atoms with Crippen LogP contribution in [0, 0.1) is 12.3 Å². The van der Waals surface area contributed by atoms with Crippen LogP contribution in [0.4, 0.5) is 0 Å². The molecule has 2 rings (SSSR count). The lowest BCUT2D eigenvalue weighted by molar-refractivity contribution is -0.151. The minimum atomic E-state index is -0.717. The van der Waals surface area contributed by atoms with Gasteiger partial charge in [-0.3, -0.25) is 9.78 Å². The number of pyridine rings is 1. The van der Waals surface area contributed by atoms with Crippen molar-refractivity contribution in [2.24, 2.45) is 11.1 Å². The van der Waals surface area contributed by atoms with Gasteiger partial charge in [-0.1, -0.05) is 18.2 Å². The summed E-state index contributed by atoms with van der Waals surface area (Å²) in [6, 6.07) is 9.94. The first-order valence-electron chi connectivity index (χ1n) is 6.64. The molecule has 1 heterocycles. The number of aryl methyl sites for hydroxylation is 1. The number of esters is 1. The lowest BCUT2D eigenvalue weighted by Gasteiger charge is -2.25. The minimum Gasteiger partial charge on any atom is -0.469 e. The van der Waals surface area contributed by atoms with Gasteiger partial charge in [0.15, 0.2) is 0 Å². The Kier molecular flexibility index (Phi) is 4.04. The average molecular weight is 272 g/mol. The van der Waals surface area contributed by atoms with Crippen LogP contribution < -0.4 is 5.73 Å². The van der Waals surface area contributed by atoms with Crippen molar-refractivity contribution in [1.29, 1.82) is 0 Å². The van der Waals surface area contributed by atoms with Gasteiger partial charge in [0, 0.05) is 17.6 Å². The van der Waals surface area contributed by atoms with Crippen LogP contribution in [0.25, 0.3) is 10.9 Å². The Morgan fingerprint density at radius 1 is 1.40 bits per heavy atom. The molecule has 4 nitrogen and oxygen atoms in total. The lowest BCUT2D eigenvalue weighted by Crippen LogP contribution is -2.38. The number of carbonyl (C=O) groups is 1. The number of nitrogens with zero attached hydrogens (tertiary/aromatic N) is 1. The number of carbonyl (C=O) groups excluding carboxylic acids is 1. The third-order valence-electron chi connectivity index (χ3n) is 3.64. The van der Waals surface area contributed by atoms with Gasteiger partial charge in [-0.05, 0) is 38.0 Å². The number of fused-ring (bicyclic) bond motifs is 1. The molecule has 0 saturated heterocycles. The fraction of sp³-hybridized carbons (Fsp3) is 0.375. The summed E-state index contributed by atoms with van der Waals surface area (Å²) in [6.07, 6.45) is 0.542. The predicted molar refractivity (Wildman–Crippen MR) is 79.4 cm³/mol. The number of aromatic nitrogens is 1. The zero-order chi connectivity index (χ0) is 14.8. The van der Waals surface area contributed by atoms with E-state index in [0.717, 1.165) is 22.2 Å². The highest BCUT2D eigenvalue weighted by molar-refractivity contribution is 5.84. The maximum Gasteiger partial charge on any atom is 0.313 e. The van der Waals surface area contributed by atoms with Crippen molar-refractivity contribution in [2.75, 3.05) is 13.7 Å². The number of rotatable bonds is 4. The first-order chi connectivity index (χ1) is 9.50. The molecule has 4 heteroatoms. The second kappa shape index (κ2) is 5.59. The maximum atomic E-state index is 12.0. The van der Waals surface area contributed by atoms with E-state index in [1.807, 2.05) is 44.2 Å². The summed E-state index contributed by atoms with van der Waals surface area (Å²) in [7, 11) is 1.39. The van der Waals surface area contributed by atoms with E-state index < -0.39 is 5.41 Å². The number of nitrogens with two attached hydrogens (primary N) is 1. The lowest BCUT2D eigenvalue weighted by atomic mass is 9.82. The molecule has 1 unspecified atom stereocenters. The van der Waals surface area contributed by atoms with Crippen LogP contribution in [0.1, 0.15) is 18.2 Å². The second-order valence-corrected chi connectivity index (χ2v) is 5.37. The molecule has 0 saturated carbocycles. The third-order valence-corrected chi connectivity index (χ3v) is 3.64. The Morgan fingerprint density at radius 3 is 2.75 bits per heavy atom. The van der Waals surface area contributed by atoms with Gasteiger partial charge in [0.1, 0.15) is 0 Å². The Balaban J connectivity index is 2.50. The van der Waals surface area contributed by atoms with Crippen LogP contribution in [0.2, 0.25) is 0 Å². The fourth-order valence-corrected chi connectivity index (χ4v) is 2.44. The van der Waals surface area contributed by atoms with E-state index in [4.69, 9.17) is 10.5 Å². The van der Waals surface area contributed by atoms with Crippen molar-refractivity contribution in [3.8, 4) is 0 Å². The van der Waals surface area contributed by atoms with Crippen LogP contribution in [-0.4, -0.2) is 24.6 Å². The molecule has 0 spiro atoms. The Labute approximate surface area is 119 Å². The summed E-state index contributed by atoms with van der Waals surface area (Å²) in [5.74, 6) is -0.279. The van der Waals surface area contributed by atoms with Gasteiger partial charge >= 0.3 is 5.97 Å². The molecule has 0 aliphatic carbocycles. The zero-order valence-electron chi connectivity index (χ0n) is 12.1. The smallest absolute Gasteiger partial charge is 0.313 e. The largest absolute Gasteiger partial charge is 0.469 e. The fourth-order valence-electron chi connectivity index (χ4n) is 2.44. The predicted octanol–water partition coefficient (Wildman–Crippen LogP) is 2.22. The van der Waals surface area contributed by atoms with Gasteiger partial charge in [0.25, 0.3) is 0 Å². The SMILES string of the molecule is COC(=O)C(C)(CN)Cc1cc(C)nc2ccccc12. The molecule has 0 aliphatic heterocycles. The minimum absolute atomic E-state index is 0.245. The molecule has 1 aromatic heterocycles. The Hall–Kier alpha value is -1.94. The van der Waals surface area contributed by atoms with E-state index in [1.165, 1.54) is 7.11 Å². The first kappa shape index (κ1) is 14.5. The van der Waals surface area contributed by atoms with Gasteiger partial charge in [-0.15, -0.1) is 0 Å². The topological polar surface area (TPSA) is 65.2 Å². The number of hydrogen-bond acceptors (Lipinski definition) is 4. The maximum absolute atomic E-state index is 12.0. The summed E-state index contributed by atoms with van der Waals surface area (Å²) in [4.78, 5) is 16.5. The van der Waals surface area contributed by atoms with Crippen molar-refractivity contribution in [3.05, 3.63) is 41.6 Å². The molecular formula is C16H20N2O2. The van der Waals surface area contributed by atoms with Crippen LogP contribution in [0.3, 0.4) is 0 Å². The van der Waals surface area contributed by atoms with E-state index >= 15 is 0 Å². The van der Waals surface area contributed by atoms with Crippen LogP contribution in [0.5, 0.6) is 0 Å². The highest BCUT2D eigenvalue weighted by atomic mass is 16.5. The molecule has 0 amide bonds. The number of ether oxygens (including phenoxy) is 1. The molecule has 0 aliphatic rings. The zero-order valence-corrected chi connectivity index (χ0v) is 12.1. The quantitative estimate of drug-likeness (QED) is 0.867. The van der Waals surface area contributed by atoms with Crippen molar-refractivity contribution < 1.29 is 9.53 Å². The van der Waals surface area contributed by atoms with Crippen LogP contribution in [0.15, 0.2) is 30.3 Å². The molecule has 1 aromatic carbocycles. The molecule has 0 fully saturated rings. The van der Waals surface area contributed by atoms with Crippen LogP contribution >= 0.6 is 0 Å². The van der Waals surface area contributed by atoms with Gasteiger partial charge in [0.05, 0.1) is 18.0 Å². The monoisotopic (exact) mass is 272 g/mol. The van der Waals surface area contributed by atoms with E-state index in [1.54, 1.807) is 0 Å². The summed E-state index contributed by atoms with van der Waals surface area (Å²) in [5.41, 5.74) is 8.03. The average Bonchev–Trinajstić information content (AvgIpc) is 2.46. The molecule has 20 heavy (non-hydrogen) atoms. The molecule has 106 valence electrons. The van der Waals surface area contributed by atoms with Crippen molar-refractivity contribution >= 4 is 16.9 Å². The summed E-state index contributed by atoms with van der Waals surface area (Å²) < 4.78 is 4.89. The van der Waals surface area contributed by atoms with E-state index in [-0.39, 0.29) is 12.5 Å². The Morgan fingerprint density at radius 2 is 2.10 bits per heavy atom.